The lowest BCUT2D eigenvalue weighted by molar-refractivity contribution is 0.670. The first-order chi connectivity index (χ1) is 30.2. The van der Waals surface area contributed by atoms with Crippen LogP contribution < -0.4 is 0 Å². The van der Waals surface area contributed by atoms with Crippen molar-refractivity contribution in [3.05, 3.63) is 193 Å². The number of furan rings is 1. The summed E-state index contributed by atoms with van der Waals surface area (Å²) < 4.78 is 120. The molecule has 0 atom stereocenters. The fourth-order valence-corrected chi connectivity index (χ4v) is 7.11. The van der Waals surface area contributed by atoms with Crippen LogP contribution in [-0.2, 0) is 6.42 Å². The molecule has 50 heavy (non-hydrogen) atoms. The van der Waals surface area contributed by atoms with Crippen molar-refractivity contribution in [1.29, 1.82) is 0 Å². The Labute approximate surface area is 308 Å². The van der Waals surface area contributed by atoms with Crippen molar-refractivity contribution in [3.63, 3.8) is 0 Å². The lowest BCUT2D eigenvalue weighted by Crippen LogP contribution is -1.95. The Morgan fingerprint density at radius 1 is 0.440 bits per heavy atom. The highest BCUT2D eigenvalue weighted by Crippen LogP contribution is 2.42. The topological polar surface area (TPSA) is 13.1 Å². The van der Waals surface area contributed by atoms with Crippen LogP contribution in [0.5, 0.6) is 0 Å². The minimum absolute atomic E-state index is 0.00892. The molecule has 0 saturated carbocycles. The van der Waals surface area contributed by atoms with Crippen LogP contribution in [0.4, 0.5) is 0 Å². The van der Waals surface area contributed by atoms with Gasteiger partial charge >= 0.3 is 0 Å². The lowest BCUT2D eigenvalue weighted by Gasteiger charge is -2.18. The highest BCUT2D eigenvalue weighted by molar-refractivity contribution is 6.16. The average molecular weight is 650 g/mol. The number of hydrogen-bond acceptors (Lipinski definition) is 1. The van der Waals surface area contributed by atoms with Crippen LogP contribution in [0.1, 0.15) is 28.9 Å². The predicted molar refractivity (Wildman–Crippen MR) is 212 cm³/mol. The van der Waals surface area contributed by atoms with E-state index >= 15 is 0 Å². The van der Waals surface area contributed by atoms with Crippen molar-refractivity contribution < 1.29 is 22.2 Å². The Balaban J connectivity index is 1.19. The van der Waals surface area contributed by atoms with E-state index in [4.69, 9.17) is 16.8 Å². The van der Waals surface area contributed by atoms with Crippen molar-refractivity contribution >= 4 is 54.3 Å². The first-order valence-electron chi connectivity index (χ1n) is 22.7. The van der Waals surface area contributed by atoms with Gasteiger partial charge in [0.1, 0.15) is 11.2 Å². The smallest absolute Gasteiger partial charge is 0.143 e. The van der Waals surface area contributed by atoms with Crippen LogP contribution in [0.2, 0.25) is 0 Å². The molecule has 1 nitrogen and oxygen atoms in total. The lowest BCUT2D eigenvalue weighted by atomic mass is 9.86. The maximum atomic E-state index is 9.26. The molecule has 0 saturated heterocycles. The van der Waals surface area contributed by atoms with E-state index in [1.807, 2.05) is 72.8 Å². The number of hydrogen-bond donors (Lipinski definition) is 0. The largest absolute Gasteiger partial charge is 0.455 e. The summed E-state index contributed by atoms with van der Waals surface area (Å²) in [7, 11) is 0. The highest BCUT2D eigenvalue weighted by atomic mass is 16.3. The van der Waals surface area contributed by atoms with E-state index in [-0.39, 0.29) is 38.2 Å². The zero-order valence-corrected chi connectivity index (χ0v) is 26.4. The minimum Gasteiger partial charge on any atom is -0.455 e. The molecule has 0 spiro atoms. The molecule has 0 radical (unpaired) electrons. The Bertz CT molecular complexity index is 3520. The molecule has 10 rings (SSSR count). The zero-order chi connectivity index (χ0) is 44.3. The summed E-state index contributed by atoms with van der Waals surface area (Å²) in [5, 5.41) is 3.37. The molecule has 9 aromatic carbocycles. The summed E-state index contributed by atoms with van der Waals surface area (Å²) in [6, 6.07) is 26.6. The standard InChI is InChI=1S/C49H32O/c1-3-12-32(13-4-1)28-45-40-16-7-9-18-42(40)48(43-19-10-8-17-41(43)45)38-25-24-34-29-35(22-23-36(34)30-38)37-26-27-47-46(31-37)44-21-11-20-39(49(44)50-47)33-14-5-2-6-15-33/h1-27,29-31H,28H2/i1D,3D,4D,7D,8D,9D,10D,12D,13D,16D,17D,18D,19D. The second-order valence-electron chi connectivity index (χ2n) is 12.3. The maximum Gasteiger partial charge on any atom is 0.143 e. The maximum absolute atomic E-state index is 9.26. The number of benzene rings is 9. The quantitative estimate of drug-likeness (QED) is 0.169. The van der Waals surface area contributed by atoms with Crippen molar-refractivity contribution in [2.75, 3.05) is 0 Å². The molecule has 10 aromatic rings. The molecule has 0 amide bonds. The Morgan fingerprint density at radius 2 is 1.06 bits per heavy atom. The van der Waals surface area contributed by atoms with E-state index in [0.29, 0.717) is 5.56 Å². The van der Waals surface area contributed by atoms with Gasteiger partial charge in [0.15, 0.2) is 0 Å². The zero-order valence-electron chi connectivity index (χ0n) is 39.4. The second-order valence-corrected chi connectivity index (χ2v) is 12.3. The van der Waals surface area contributed by atoms with Crippen molar-refractivity contribution in [2.45, 2.75) is 6.42 Å². The summed E-state index contributed by atoms with van der Waals surface area (Å²) in [5.74, 6) is 0. The van der Waals surface area contributed by atoms with Gasteiger partial charge in [-0.1, -0.05) is 157 Å². The Morgan fingerprint density at radius 3 is 1.80 bits per heavy atom. The summed E-state index contributed by atoms with van der Waals surface area (Å²) in [5.41, 5.74) is 5.90. The molecule has 234 valence electrons. The van der Waals surface area contributed by atoms with E-state index < -0.39 is 85.0 Å². The summed E-state index contributed by atoms with van der Waals surface area (Å²) in [4.78, 5) is 0. The van der Waals surface area contributed by atoms with E-state index in [9.17, 15) is 5.48 Å². The summed E-state index contributed by atoms with van der Waals surface area (Å²) in [6.07, 6.45) is -0.484. The van der Waals surface area contributed by atoms with Gasteiger partial charge in [0.25, 0.3) is 0 Å². The molecule has 0 aliphatic rings. The van der Waals surface area contributed by atoms with Crippen LogP contribution in [0.3, 0.4) is 0 Å². The third-order valence-corrected chi connectivity index (χ3v) is 9.43. The van der Waals surface area contributed by atoms with Gasteiger partial charge in [-0.2, -0.15) is 0 Å². The van der Waals surface area contributed by atoms with Gasteiger partial charge in [-0.3, -0.25) is 0 Å². The Hall–Kier alpha value is -6.44. The van der Waals surface area contributed by atoms with Gasteiger partial charge in [-0.15, -0.1) is 0 Å². The molecule has 0 fully saturated rings. The first kappa shape index (κ1) is 18.4. The van der Waals surface area contributed by atoms with E-state index in [1.54, 1.807) is 6.07 Å². The predicted octanol–water partition coefficient (Wildman–Crippen LogP) is 13.6. The SMILES string of the molecule is [2H]c1c([2H])c([2H])c(Cc2c3c([2H])c([2H])c([2H])c([2H])c3c(-c3ccc4cc(-c5ccc6oc7c(-c8ccccc8)cccc7c6c5)ccc4c3)c3c([2H])c([2H])c([2H])c([2H])c23)c([2H])c1[2H]. The molecular formula is C49H32O. The molecular weight excluding hydrogens is 605 g/mol. The molecule has 1 aromatic heterocycles. The molecule has 0 unspecified atom stereocenters. The van der Waals surface area contributed by atoms with E-state index in [0.717, 1.165) is 55.0 Å². The van der Waals surface area contributed by atoms with Crippen LogP contribution in [0.25, 0.3) is 87.6 Å². The van der Waals surface area contributed by atoms with Gasteiger partial charge in [0, 0.05) is 16.3 Å². The number of fused-ring (bicyclic) bond motifs is 6. The first-order valence-corrected chi connectivity index (χ1v) is 16.2. The van der Waals surface area contributed by atoms with Gasteiger partial charge in [0.05, 0.1) is 17.8 Å². The van der Waals surface area contributed by atoms with Crippen LogP contribution in [-0.4, -0.2) is 0 Å². The van der Waals surface area contributed by atoms with Gasteiger partial charge in [-0.05, 0) is 102 Å². The van der Waals surface area contributed by atoms with Crippen LogP contribution in [0.15, 0.2) is 186 Å². The fourth-order valence-electron chi connectivity index (χ4n) is 7.11. The molecule has 0 aliphatic heterocycles. The highest BCUT2D eigenvalue weighted by Gasteiger charge is 2.17. The van der Waals surface area contributed by atoms with Gasteiger partial charge in [-0.25, -0.2) is 0 Å². The van der Waals surface area contributed by atoms with Crippen molar-refractivity contribution in [2.24, 2.45) is 0 Å². The molecule has 0 N–H and O–H groups in total. The third-order valence-electron chi connectivity index (χ3n) is 9.43. The number of rotatable bonds is 5. The minimum atomic E-state index is -0.614. The normalized spacial score (nSPS) is 15.3. The van der Waals surface area contributed by atoms with Crippen molar-refractivity contribution in [3.8, 4) is 33.4 Å². The second kappa shape index (κ2) is 11.6. The summed E-state index contributed by atoms with van der Waals surface area (Å²) in [6.45, 7) is 0. The third kappa shape index (κ3) is 4.70. The van der Waals surface area contributed by atoms with Gasteiger partial charge in [0.2, 0.25) is 0 Å². The van der Waals surface area contributed by atoms with Gasteiger partial charge < -0.3 is 4.42 Å². The van der Waals surface area contributed by atoms with Crippen LogP contribution in [0, 0.1) is 0 Å². The van der Waals surface area contributed by atoms with Crippen LogP contribution >= 0.6 is 0 Å². The molecule has 1 heterocycles. The average Bonchev–Trinajstić information content (AvgIpc) is 3.69. The molecule has 0 bridgehead atoms. The fraction of sp³-hybridized carbons (Fsp3) is 0.0204. The van der Waals surface area contributed by atoms with E-state index in [1.165, 1.54) is 0 Å². The monoisotopic (exact) mass is 649 g/mol. The molecule has 1 heteroatoms. The molecule has 0 aliphatic carbocycles. The van der Waals surface area contributed by atoms with Crippen molar-refractivity contribution in [1.82, 2.24) is 0 Å². The summed E-state index contributed by atoms with van der Waals surface area (Å²) >= 11 is 0. The van der Waals surface area contributed by atoms with E-state index in [2.05, 4.69) is 24.3 Å². The Kier molecular flexibility index (Phi) is 4.26. The number of para-hydroxylation sites is 1.